The summed E-state index contributed by atoms with van der Waals surface area (Å²) >= 11 is 0. The molecule has 16 heavy (non-hydrogen) atoms. The molecule has 0 bridgehead atoms. The van der Waals surface area contributed by atoms with E-state index in [2.05, 4.69) is 11.1 Å². The summed E-state index contributed by atoms with van der Waals surface area (Å²) in [6.07, 6.45) is 1.68. The average molecular weight is 210 g/mol. The van der Waals surface area contributed by atoms with E-state index in [1.54, 1.807) is 25.4 Å². The van der Waals surface area contributed by atoms with Crippen LogP contribution in [0.2, 0.25) is 0 Å². The standard InChI is InChI=1S/C13H10N2O/c1-16-12-6-2-4-10(8-12)13-11(9-14)5-3-7-15-13/h2-8H,1H3. The second-order valence-electron chi connectivity index (χ2n) is 3.24. The van der Waals surface area contributed by atoms with Crippen LogP contribution < -0.4 is 4.74 Å². The molecule has 3 heteroatoms. The maximum atomic E-state index is 8.98. The van der Waals surface area contributed by atoms with Crippen LogP contribution >= 0.6 is 0 Å². The van der Waals surface area contributed by atoms with Gasteiger partial charge in [-0.2, -0.15) is 5.26 Å². The Hall–Kier alpha value is -2.34. The molecule has 3 nitrogen and oxygen atoms in total. The lowest BCUT2D eigenvalue weighted by Gasteiger charge is -2.04. The minimum Gasteiger partial charge on any atom is -0.497 e. The van der Waals surface area contributed by atoms with E-state index >= 15 is 0 Å². The fourth-order valence-corrected chi connectivity index (χ4v) is 1.50. The lowest BCUT2D eigenvalue weighted by molar-refractivity contribution is 0.415. The van der Waals surface area contributed by atoms with Gasteiger partial charge >= 0.3 is 0 Å². The monoisotopic (exact) mass is 210 g/mol. The molecule has 0 radical (unpaired) electrons. The van der Waals surface area contributed by atoms with Crippen LogP contribution in [0.15, 0.2) is 42.6 Å². The lowest BCUT2D eigenvalue weighted by atomic mass is 10.1. The first-order valence-corrected chi connectivity index (χ1v) is 4.84. The highest BCUT2D eigenvalue weighted by atomic mass is 16.5. The van der Waals surface area contributed by atoms with Crippen LogP contribution in [0.3, 0.4) is 0 Å². The van der Waals surface area contributed by atoms with Gasteiger partial charge in [0.15, 0.2) is 0 Å². The van der Waals surface area contributed by atoms with Crippen LogP contribution in [-0.4, -0.2) is 12.1 Å². The van der Waals surface area contributed by atoms with Crippen LogP contribution in [0.4, 0.5) is 0 Å². The van der Waals surface area contributed by atoms with Crippen molar-refractivity contribution >= 4 is 0 Å². The maximum absolute atomic E-state index is 8.98. The fourth-order valence-electron chi connectivity index (χ4n) is 1.50. The largest absolute Gasteiger partial charge is 0.497 e. The van der Waals surface area contributed by atoms with Crippen molar-refractivity contribution in [2.75, 3.05) is 7.11 Å². The predicted molar refractivity (Wildman–Crippen MR) is 60.9 cm³/mol. The third-order valence-electron chi connectivity index (χ3n) is 2.27. The number of methoxy groups -OCH3 is 1. The number of nitriles is 1. The Balaban J connectivity index is 2.55. The summed E-state index contributed by atoms with van der Waals surface area (Å²) in [5.74, 6) is 0.757. The number of nitrogens with zero attached hydrogens (tertiary/aromatic N) is 2. The molecule has 0 unspecified atom stereocenters. The SMILES string of the molecule is COc1cccc(-c2ncccc2C#N)c1. The highest BCUT2D eigenvalue weighted by Crippen LogP contribution is 2.24. The molecular weight excluding hydrogens is 200 g/mol. The Morgan fingerprint density at radius 1 is 1.25 bits per heavy atom. The van der Waals surface area contributed by atoms with E-state index in [9.17, 15) is 0 Å². The second-order valence-corrected chi connectivity index (χ2v) is 3.24. The summed E-state index contributed by atoms with van der Waals surface area (Å²) in [7, 11) is 1.61. The van der Waals surface area contributed by atoms with E-state index in [0.717, 1.165) is 11.3 Å². The average Bonchev–Trinajstić information content (AvgIpc) is 2.38. The summed E-state index contributed by atoms with van der Waals surface area (Å²) in [6.45, 7) is 0. The number of benzene rings is 1. The van der Waals surface area contributed by atoms with Gasteiger partial charge in [0.05, 0.1) is 18.4 Å². The van der Waals surface area contributed by atoms with Crippen LogP contribution in [0, 0.1) is 11.3 Å². The molecule has 0 aliphatic rings. The number of ether oxygens (including phenoxy) is 1. The number of hydrogen-bond donors (Lipinski definition) is 0. The molecule has 1 heterocycles. The Kier molecular flexibility index (Phi) is 2.84. The quantitative estimate of drug-likeness (QED) is 0.765. The van der Waals surface area contributed by atoms with Crippen molar-refractivity contribution in [2.24, 2.45) is 0 Å². The molecule has 0 saturated heterocycles. The summed E-state index contributed by atoms with van der Waals surface area (Å²) in [5, 5.41) is 8.98. The molecule has 0 fully saturated rings. The summed E-state index contributed by atoms with van der Waals surface area (Å²) in [6, 6.07) is 13.1. The molecule has 78 valence electrons. The van der Waals surface area contributed by atoms with Crippen LogP contribution in [0.25, 0.3) is 11.3 Å². The summed E-state index contributed by atoms with van der Waals surface area (Å²) in [4.78, 5) is 4.22. The molecule has 1 aromatic carbocycles. The van der Waals surface area contributed by atoms with Gasteiger partial charge in [0.1, 0.15) is 11.8 Å². The molecule has 0 amide bonds. The Bertz CT molecular complexity index is 544. The zero-order valence-electron chi connectivity index (χ0n) is 8.84. The first-order chi connectivity index (χ1) is 7.85. The van der Waals surface area contributed by atoms with E-state index < -0.39 is 0 Å². The summed E-state index contributed by atoms with van der Waals surface area (Å²) in [5.41, 5.74) is 2.14. The number of aromatic nitrogens is 1. The molecular formula is C13H10N2O. The van der Waals surface area contributed by atoms with Crippen LogP contribution in [0.5, 0.6) is 5.75 Å². The van der Waals surface area contributed by atoms with E-state index in [1.807, 2.05) is 24.3 Å². The molecule has 0 N–H and O–H groups in total. The van der Waals surface area contributed by atoms with Gasteiger partial charge < -0.3 is 4.74 Å². The van der Waals surface area contributed by atoms with E-state index in [0.29, 0.717) is 11.3 Å². The van der Waals surface area contributed by atoms with Crippen molar-refractivity contribution in [1.29, 1.82) is 5.26 Å². The van der Waals surface area contributed by atoms with Gasteiger partial charge in [-0.25, -0.2) is 0 Å². The van der Waals surface area contributed by atoms with Gasteiger partial charge in [0, 0.05) is 11.8 Å². The van der Waals surface area contributed by atoms with Crippen molar-refractivity contribution in [3.63, 3.8) is 0 Å². The van der Waals surface area contributed by atoms with Crippen molar-refractivity contribution < 1.29 is 4.74 Å². The first-order valence-electron chi connectivity index (χ1n) is 4.84. The highest BCUT2D eigenvalue weighted by molar-refractivity contribution is 5.67. The van der Waals surface area contributed by atoms with Gasteiger partial charge in [-0.05, 0) is 24.3 Å². The first kappa shape index (κ1) is 10.2. The zero-order valence-corrected chi connectivity index (χ0v) is 8.84. The molecule has 0 spiro atoms. The van der Waals surface area contributed by atoms with Crippen molar-refractivity contribution in [3.8, 4) is 23.1 Å². The van der Waals surface area contributed by atoms with E-state index in [1.165, 1.54) is 0 Å². The van der Waals surface area contributed by atoms with Crippen LogP contribution in [-0.2, 0) is 0 Å². The molecule has 0 aliphatic carbocycles. The third-order valence-corrected chi connectivity index (χ3v) is 2.27. The minimum absolute atomic E-state index is 0.566. The zero-order chi connectivity index (χ0) is 11.4. The Morgan fingerprint density at radius 3 is 2.88 bits per heavy atom. The lowest BCUT2D eigenvalue weighted by Crippen LogP contribution is -1.89. The van der Waals surface area contributed by atoms with Gasteiger partial charge in [-0.3, -0.25) is 4.98 Å². The van der Waals surface area contributed by atoms with Crippen molar-refractivity contribution in [3.05, 3.63) is 48.2 Å². The molecule has 2 aromatic rings. The van der Waals surface area contributed by atoms with E-state index in [-0.39, 0.29) is 0 Å². The van der Waals surface area contributed by atoms with Gasteiger partial charge in [0.25, 0.3) is 0 Å². The smallest absolute Gasteiger partial charge is 0.119 e. The minimum atomic E-state index is 0.566. The van der Waals surface area contributed by atoms with Gasteiger partial charge in [-0.15, -0.1) is 0 Å². The Labute approximate surface area is 93.9 Å². The topological polar surface area (TPSA) is 45.9 Å². The van der Waals surface area contributed by atoms with Crippen LogP contribution in [0.1, 0.15) is 5.56 Å². The van der Waals surface area contributed by atoms with Gasteiger partial charge in [0.2, 0.25) is 0 Å². The fraction of sp³-hybridized carbons (Fsp3) is 0.0769. The van der Waals surface area contributed by atoms with E-state index in [4.69, 9.17) is 10.00 Å². The van der Waals surface area contributed by atoms with Gasteiger partial charge in [-0.1, -0.05) is 12.1 Å². The predicted octanol–water partition coefficient (Wildman–Crippen LogP) is 2.63. The van der Waals surface area contributed by atoms with Crippen molar-refractivity contribution in [1.82, 2.24) is 4.98 Å². The maximum Gasteiger partial charge on any atom is 0.119 e. The number of pyridine rings is 1. The molecule has 1 aromatic heterocycles. The molecule has 2 rings (SSSR count). The number of hydrogen-bond acceptors (Lipinski definition) is 3. The molecule has 0 atom stereocenters. The molecule has 0 saturated carbocycles. The second kappa shape index (κ2) is 4.45. The normalized spacial score (nSPS) is 9.50. The summed E-state index contributed by atoms with van der Waals surface area (Å²) < 4.78 is 5.14. The Morgan fingerprint density at radius 2 is 2.12 bits per heavy atom. The molecule has 0 aliphatic heterocycles. The third kappa shape index (κ3) is 1.86. The number of rotatable bonds is 2. The van der Waals surface area contributed by atoms with Crippen molar-refractivity contribution in [2.45, 2.75) is 0 Å². The highest BCUT2D eigenvalue weighted by Gasteiger charge is 2.05.